The van der Waals surface area contributed by atoms with Gasteiger partial charge in [-0.25, -0.2) is 8.78 Å². The van der Waals surface area contributed by atoms with Crippen LogP contribution in [0.15, 0.2) is 42.5 Å². The van der Waals surface area contributed by atoms with E-state index in [0.717, 1.165) is 56.0 Å². The maximum atomic E-state index is 13.6. The first-order chi connectivity index (χ1) is 16.9. The zero-order valence-corrected chi connectivity index (χ0v) is 20.0. The van der Waals surface area contributed by atoms with Crippen LogP contribution < -0.4 is 15.4 Å². The minimum absolute atomic E-state index is 0.156. The molecule has 1 aliphatic rings. The summed E-state index contributed by atoms with van der Waals surface area (Å²) in [4.78, 5) is 26.4. The van der Waals surface area contributed by atoms with Gasteiger partial charge in [-0.1, -0.05) is 12.1 Å². The largest absolute Gasteiger partial charge is 0.492 e. The molecule has 1 heterocycles. The fraction of sp³-hybridized carbons (Fsp3) is 0.462. The summed E-state index contributed by atoms with van der Waals surface area (Å²) in [5.74, 6) is -1.70. The predicted octanol–water partition coefficient (Wildman–Crippen LogP) is 3.28. The van der Waals surface area contributed by atoms with Crippen molar-refractivity contribution < 1.29 is 27.8 Å². The molecule has 0 saturated carbocycles. The summed E-state index contributed by atoms with van der Waals surface area (Å²) in [5, 5.41) is 5.39. The summed E-state index contributed by atoms with van der Waals surface area (Å²) in [7, 11) is 2.11. The Hall–Kier alpha value is -3.04. The van der Waals surface area contributed by atoms with E-state index in [-0.39, 0.29) is 24.4 Å². The number of hydrogen-bond donors (Lipinski definition) is 2. The van der Waals surface area contributed by atoms with Crippen LogP contribution in [0.5, 0.6) is 5.75 Å². The van der Waals surface area contributed by atoms with E-state index in [0.29, 0.717) is 31.7 Å². The van der Waals surface area contributed by atoms with Gasteiger partial charge in [0.1, 0.15) is 24.0 Å². The van der Waals surface area contributed by atoms with E-state index in [2.05, 4.69) is 22.6 Å². The average molecular weight is 490 g/mol. The zero-order valence-electron chi connectivity index (χ0n) is 20.0. The lowest BCUT2D eigenvalue weighted by molar-refractivity contribution is -0.121. The molecule has 1 saturated heterocycles. The Morgan fingerprint density at radius 1 is 1.11 bits per heavy atom. The molecule has 9 heteroatoms. The highest BCUT2D eigenvalue weighted by Crippen LogP contribution is 2.15. The molecule has 0 atom stereocenters. The van der Waals surface area contributed by atoms with Gasteiger partial charge in [0.2, 0.25) is 5.91 Å². The number of hydrogen-bond acceptors (Lipinski definition) is 5. The number of benzene rings is 2. The van der Waals surface area contributed by atoms with E-state index in [4.69, 9.17) is 9.47 Å². The summed E-state index contributed by atoms with van der Waals surface area (Å²) in [5.41, 5.74) is 0.696. The van der Waals surface area contributed by atoms with Crippen LogP contribution in [0.2, 0.25) is 0 Å². The second-order valence-electron chi connectivity index (χ2n) is 8.58. The van der Waals surface area contributed by atoms with Crippen molar-refractivity contribution in [3.8, 4) is 5.75 Å². The van der Waals surface area contributed by atoms with Gasteiger partial charge in [0.25, 0.3) is 5.91 Å². The first kappa shape index (κ1) is 26.6. The molecule has 0 bridgehead atoms. The van der Waals surface area contributed by atoms with E-state index in [9.17, 15) is 18.4 Å². The van der Waals surface area contributed by atoms with Crippen molar-refractivity contribution in [2.45, 2.75) is 38.3 Å². The Morgan fingerprint density at radius 3 is 2.69 bits per heavy atom. The minimum atomic E-state index is -0.919. The molecule has 2 N–H and O–H groups in total. The van der Waals surface area contributed by atoms with Crippen LogP contribution >= 0.6 is 0 Å². The number of ether oxygens (including phenoxy) is 2. The number of carbonyl (C=O) groups is 2. The van der Waals surface area contributed by atoms with E-state index in [1.165, 1.54) is 0 Å². The van der Waals surface area contributed by atoms with Gasteiger partial charge in [-0.2, -0.15) is 0 Å². The number of halogens is 2. The molecular weight excluding hydrogens is 456 g/mol. The van der Waals surface area contributed by atoms with Gasteiger partial charge < -0.3 is 20.1 Å². The molecule has 0 spiro atoms. The third-order valence-corrected chi connectivity index (χ3v) is 5.96. The standard InChI is InChI=1S/C26H33F2N3O4/c1-31(21-9-13-34-14-10-21)12-15-35-22-5-2-4-19(16-22)18-30-25(32)6-3-11-29-26(33)23-8-7-20(27)17-24(23)28/h2,4-5,7-8,16-17,21H,3,6,9-15,18H2,1H3,(H,29,33)(H,30,32). The Balaban J connectivity index is 1.31. The average Bonchev–Trinajstić information content (AvgIpc) is 2.86. The number of amides is 2. The highest BCUT2D eigenvalue weighted by molar-refractivity contribution is 5.94. The van der Waals surface area contributed by atoms with E-state index in [1.807, 2.05) is 24.3 Å². The normalized spacial score (nSPS) is 14.1. The number of rotatable bonds is 12. The topological polar surface area (TPSA) is 79.9 Å². The molecule has 2 aromatic carbocycles. The van der Waals surface area contributed by atoms with Crippen molar-refractivity contribution in [3.63, 3.8) is 0 Å². The zero-order chi connectivity index (χ0) is 25.0. The van der Waals surface area contributed by atoms with E-state index < -0.39 is 17.5 Å². The van der Waals surface area contributed by atoms with Crippen LogP contribution in [0, 0.1) is 11.6 Å². The van der Waals surface area contributed by atoms with Gasteiger partial charge >= 0.3 is 0 Å². The lowest BCUT2D eigenvalue weighted by atomic mass is 10.1. The second kappa shape index (κ2) is 13.7. The van der Waals surface area contributed by atoms with Crippen LogP contribution in [-0.2, 0) is 16.1 Å². The van der Waals surface area contributed by atoms with Gasteiger partial charge in [-0.3, -0.25) is 14.5 Å². The van der Waals surface area contributed by atoms with Gasteiger partial charge in [-0.05, 0) is 56.1 Å². The van der Waals surface area contributed by atoms with Gasteiger partial charge in [0.05, 0.1) is 5.56 Å². The summed E-state index contributed by atoms with van der Waals surface area (Å²) >= 11 is 0. The monoisotopic (exact) mass is 489 g/mol. The summed E-state index contributed by atoms with van der Waals surface area (Å²) in [6.07, 6.45) is 2.70. The third-order valence-electron chi connectivity index (χ3n) is 5.96. The highest BCUT2D eigenvalue weighted by atomic mass is 19.1. The maximum absolute atomic E-state index is 13.6. The minimum Gasteiger partial charge on any atom is -0.492 e. The van der Waals surface area contributed by atoms with Crippen molar-refractivity contribution in [2.75, 3.05) is 40.0 Å². The molecule has 0 unspecified atom stereocenters. The number of carbonyl (C=O) groups excluding carboxylic acids is 2. The quantitative estimate of drug-likeness (QED) is 0.448. The molecular formula is C26H33F2N3O4. The van der Waals surface area contributed by atoms with Crippen LogP contribution in [0.3, 0.4) is 0 Å². The Morgan fingerprint density at radius 2 is 1.91 bits per heavy atom. The van der Waals surface area contributed by atoms with Gasteiger partial charge in [-0.15, -0.1) is 0 Å². The van der Waals surface area contributed by atoms with Crippen molar-refractivity contribution in [1.29, 1.82) is 0 Å². The Bertz CT molecular complexity index is 983. The molecule has 7 nitrogen and oxygen atoms in total. The van der Waals surface area contributed by atoms with Crippen molar-refractivity contribution >= 4 is 11.8 Å². The lowest BCUT2D eigenvalue weighted by Gasteiger charge is -2.31. The second-order valence-corrected chi connectivity index (χ2v) is 8.58. The fourth-order valence-electron chi connectivity index (χ4n) is 3.87. The van der Waals surface area contributed by atoms with Gasteiger partial charge in [0, 0.05) is 51.4 Å². The summed E-state index contributed by atoms with van der Waals surface area (Å²) < 4.78 is 37.9. The SMILES string of the molecule is CN(CCOc1cccc(CNC(=O)CCCNC(=O)c2ccc(F)cc2F)c1)C1CCOCC1. The predicted molar refractivity (Wildman–Crippen MR) is 128 cm³/mol. The first-order valence-corrected chi connectivity index (χ1v) is 11.9. The number of nitrogens with one attached hydrogen (secondary N) is 2. The number of nitrogens with zero attached hydrogens (tertiary/aromatic N) is 1. The lowest BCUT2D eigenvalue weighted by Crippen LogP contribution is -2.38. The molecule has 190 valence electrons. The number of likely N-dealkylation sites (N-methyl/N-ethyl adjacent to an activating group) is 1. The Labute approximate surface area is 204 Å². The van der Waals surface area contributed by atoms with Crippen molar-refractivity contribution in [2.24, 2.45) is 0 Å². The smallest absolute Gasteiger partial charge is 0.254 e. The molecule has 0 radical (unpaired) electrons. The van der Waals surface area contributed by atoms with Gasteiger partial charge in [0.15, 0.2) is 0 Å². The fourth-order valence-corrected chi connectivity index (χ4v) is 3.87. The first-order valence-electron chi connectivity index (χ1n) is 11.9. The molecule has 35 heavy (non-hydrogen) atoms. The van der Waals surface area contributed by atoms with Crippen LogP contribution in [0.1, 0.15) is 41.6 Å². The van der Waals surface area contributed by atoms with Crippen molar-refractivity contribution in [3.05, 3.63) is 65.2 Å². The molecule has 0 aromatic heterocycles. The summed E-state index contributed by atoms with van der Waals surface area (Å²) in [6.45, 7) is 3.61. The van der Waals surface area contributed by atoms with Crippen LogP contribution in [0.4, 0.5) is 8.78 Å². The molecule has 1 aliphatic heterocycles. The highest BCUT2D eigenvalue weighted by Gasteiger charge is 2.18. The molecule has 1 fully saturated rings. The van der Waals surface area contributed by atoms with Crippen molar-refractivity contribution in [1.82, 2.24) is 15.5 Å². The molecule has 2 aromatic rings. The van der Waals surface area contributed by atoms with Crippen LogP contribution in [0.25, 0.3) is 0 Å². The van der Waals surface area contributed by atoms with E-state index in [1.54, 1.807) is 0 Å². The van der Waals surface area contributed by atoms with E-state index >= 15 is 0 Å². The third kappa shape index (κ3) is 8.92. The molecule has 2 amide bonds. The van der Waals surface area contributed by atoms with Crippen LogP contribution in [-0.4, -0.2) is 62.7 Å². The molecule has 0 aliphatic carbocycles. The maximum Gasteiger partial charge on any atom is 0.254 e. The summed E-state index contributed by atoms with van der Waals surface area (Å²) in [6, 6.07) is 10.9. The molecule has 3 rings (SSSR count). The Kier molecular flexibility index (Phi) is 10.4.